The maximum atomic E-state index is 11.8. The number of carbonyl (C=O) groups is 2. The maximum absolute atomic E-state index is 11.8. The molecule has 0 aliphatic carbocycles. The van der Waals surface area contributed by atoms with Crippen LogP contribution in [0.4, 0.5) is 0 Å². The zero-order chi connectivity index (χ0) is 13.9. The van der Waals surface area contributed by atoms with E-state index in [4.69, 9.17) is 4.74 Å². The van der Waals surface area contributed by atoms with E-state index in [1.807, 2.05) is 0 Å². The number of ether oxygens (including phenoxy) is 1. The van der Waals surface area contributed by atoms with E-state index in [-0.39, 0.29) is 5.91 Å². The van der Waals surface area contributed by atoms with Crippen molar-refractivity contribution in [3.05, 3.63) is 17.5 Å². The van der Waals surface area contributed by atoms with E-state index in [1.165, 1.54) is 6.20 Å². The first-order chi connectivity index (χ1) is 8.20. The van der Waals surface area contributed by atoms with Gasteiger partial charge in [-0.1, -0.05) is 0 Å². The van der Waals surface area contributed by atoms with Crippen molar-refractivity contribution >= 4 is 11.9 Å². The van der Waals surface area contributed by atoms with Gasteiger partial charge in [0.15, 0.2) is 0 Å². The molecule has 0 radical (unpaired) electrons. The highest BCUT2D eigenvalue weighted by Gasteiger charge is 2.24. The lowest BCUT2D eigenvalue weighted by Crippen LogP contribution is -2.42. The number of hydrogen-bond acceptors (Lipinski definition) is 4. The van der Waals surface area contributed by atoms with Crippen LogP contribution in [-0.2, 0) is 9.53 Å². The Morgan fingerprint density at radius 2 is 2.06 bits per heavy atom. The third-order valence-electron chi connectivity index (χ3n) is 2.18. The second kappa shape index (κ2) is 5.20. The summed E-state index contributed by atoms with van der Waals surface area (Å²) in [5, 5.41) is 8.99. The minimum Gasteiger partial charge on any atom is -0.458 e. The van der Waals surface area contributed by atoms with E-state index in [0.29, 0.717) is 11.3 Å². The molecule has 1 amide bonds. The van der Waals surface area contributed by atoms with Crippen molar-refractivity contribution in [3.63, 3.8) is 0 Å². The molecule has 0 saturated heterocycles. The molecule has 0 bridgehead atoms. The Kier molecular flexibility index (Phi) is 4.11. The maximum Gasteiger partial charge on any atom is 0.328 e. The molecule has 1 atom stereocenters. The fourth-order valence-electron chi connectivity index (χ4n) is 1.30. The molecule has 0 aliphatic rings. The molecule has 18 heavy (non-hydrogen) atoms. The van der Waals surface area contributed by atoms with E-state index in [1.54, 1.807) is 34.6 Å². The first-order valence-corrected chi connectivity index (χ1v) is 5.74. The molecule has 2 N–H and O–H groups in total. The number of nitrogens with one attached hydrogen (secondary N) is 2. The third kappa shape index (κ3) is 3.87. The quantitative estimate of drug-likeness (QED) is 0.792. The molecule has 1 aromatic heterocycles. The molecular weight excluding hydrogens is 234 g/mol. The van der Waals surface area contributed by atoms with Crippen molar-refractivity contribution in [1.29, 1.82) is 0 Å². The summed E-state index contributed by atoms with van der Waals surface area (Å²) in [5.74, 6) is -0.809. The summed E-state index contributed by atoms with van der Waals surface area (Å²) in [6, 6.07) is -0.703. The lowest BCUT2D eigenvalue weighted by atomic mass is 10.2. The van der Waals surface area contributed by atoms with Crippen molar-refractivity contribution in [2.24, 2.45) is 0 Å². The highest BCUT2D eigenvalue weighted by molar-refractivity contribution is 5.97. The Morgan fingerprint density at radius 1 is 1.44 bits per heavy atom. The van der Waals surface area contributed by atoms with E-state index in [0.717, 1.165) is 0 Å². The van der Waals surface area contributed by atoms with Crippen LogP contribution >= 0.6 is 0 Å². The summed E-state index contributed by atoms with van der Waals surface area (Å²) >= 11 is 0. The molecule has 0 spiro atoms. The van der Waals surface area contributed by atoms with Crippen LogP contribution in [0.5, 0.6) is 0 Å². The summed E-state index contributed by atoms with van der Waals surface area (Å²) in [7, 11) is 0. The van der Waals surface area contributed by atoms with Gasteiger partial charge in [-0.3, -0.25) is 9.89 Å². The summed E-state index contributed by atoms with van der Waals surface area (Å²) in [4.78, 5) is 23.5. The second-order valence-corrected chi connectivity index (χ2v) is 5.14. The fraction of sp³-hybridized carbons (Fsp3) is 0.583. The van der Waals surface area contributed by atoms with E-state index in [9.17, 15) is 9.59 Å². The van der Waals surface area contributed by atoms with Crippen LogP contribution in [0.15, 0.2) is 6.20 Å². The van der Waals surface area contributed by atoms with Gasteiger partial charge in [0.2, 0.25) is 0 Å². The minimum atomic E-state index is -0.703. The molecule has 0 aromatic carbocycles. The Labute approximate surface area is 106 Å². The van der Waals surface area contributed by atoms with Gasteiger partial charge in [0, 0.05) is 5.69 Å². The lowest BCUT2D eigenvalue weighted by molar-refractivity contribution is -0.156. The predicted molar refractivity (Wildman–Crippen MR) is 66.1 cm³/mol. The number of amides is 1. The van der Waals surface area contributed by atoms with Crippen molar-refractivity contribution in [1.82, 2.24) is 15.5 Å². The van der Waals surface area contributed by atoms with Crippen molar-refractivity contribution < 1.29 is 14.3 Å². The zero-order valence-electron chi connectivity index (χ0n) is 11.3. The molecule has 1 aromatic rings. The molecule has 6 nitrogen and oxygen atoms in total. The number of rotatable bonds is 3. The molecular formula is C12H19N3O3. The Morgan fingerprint density at radius 3 is 2.50 bits per heavy atom. The van der Waals surface area contributed by atoms with Gasteiger partial charge in [0.1, 0.15) is 11.6 Å². The van der Waals surface area contributed by atoms with Gasteiger partial charge in [-0.25, -0.2) is 4.79 Å². The van der Waals surface area contributed by atoms with Gasteiger partial charge in [0.25, 0.3) is 5.91 Å². The van der Waals surface area contributed by atoms with Crippen LogP contribution in [0.25, 0.3) is 0 Å². The normalized spacial score (nSPS) is 12.9. The first kappa shape index (κ1) is 14.2. The summed E-state index contributed by atoms with van der Waals surface area (Å²) in [6.45, 7) is 8.65. The number of carbonyl (C=O) groups excluding carboxylic acids is 2. The van der Waals surface area contributed by atoms with Crippen LogP contribution in [0.2, 0.25) is 0 Å². The highest BCUT2D eigenvalue weighted by atomic mass is 16.6. The van der Waals surface area contributed by atoms with Crippen LogP contribution in [0.3, 0.4) is 0 Å². The second-order valence-electron chi connectivity index (χ2n) is 5.14. The van der Waals surface area contributed by atoms with Crippen molar-refractivity contribution in [2.45, 2.75) is 46.3 Å². The van der Waals surface area contributed by atoms with Gasteiger partial charge in [-0.15, -0.1) is 0 Å². The summed E-state index contributed by atoms with van der Waals surface area (Å²) < 4.78 is 5.17. The highest BCUT2D eigenvalue weighted by Crippen LogP contribution is 2.09. The predicted octanol–water partition coefficient (Wildman–Crippen LogP) is 1.18. The van der Waals surface area contributed by atoms with Crippen LogP contribution < -0.4 is 5.32 Å². The van der Waals surface area contributed by atoms with Crippen molar-refractivity contribution in [2.75, 3.05) is 0 Å². The van der Waals surface area contributed by atoms with Gasteiger partial charge in [0.05, 0.1) is 11.8 Å². The fourth-order valence-corrected chi connectivity index (χ4v) is 1.30. The number of aryl methyl sites for hydroxylation is 1. The molecule has 1 rings (SSSR count). The smallest absolute Gasteiger partial charge is 0.328 e. The van der Waals surface area contributed by atoms with Crippen LogP contribution in [0, 0.1) is 6.92 Å². The molecule has 100 valence electrons. The standard InChI is InChI=1S/C12H19N3O3/c1-7-9(6-13-15-7)10(16)14-8(2)11(17)18-12(3,4)5/h6,8H,1-5H3,(H,13,15)(H,14,16)/t8-/m1/s1. The third-order valence-corrected chi connectivity index (χ3v) is 2.18. The van der Waals surface area contributed by atoms with Gasteiger partial charge < -0.3 is 10.1 Å². The zero-order valence-corrected chi connectivity index (χ0v) is 11.3. The van der Waals surface area contributed by atoms with E-state index >= 15 is 0 Å². The number of nitrogens with zero attached hydrogens (tertiary/aromatic N) is 1. The number of esters is 1. The van der Waals surface area contributed by atoms with E-state index in [2.05, 4.69) is 15.5 Å². The van der Waals surface area contributed by atoms with Gasteiger partial charge >= 0.3 is 5.97 Å². The molecule has 0 fully saturated rings. The summed E-state index contributed by atoms with van der Waals surface area (Å²) in [6.07, 6.45) is 1.42. The molecule has 0 unspecified atom stereocenters. The largest absolute Gasteiger partial charge is 0.458 e. The monoisotopic (exact) mass is 253 g/mol. The lowest BCUT2D eigenvalue weighted by Gasteiger charge is -2.22. The number of H-pyrrole nitrogens is 1. The number of hydrogen-bond donors (Lipinski definition) is 2. The van der Waals surface area contributed by atoms with Gasteiger partial charge in [-0.2, -0.15) is 5.10 Å². The molecule has 6 heteroatoms. The van der Waals surface area contributed by atoms with Crippen LogP contribution in [-0.4, -0.2) is 33.7 Å². The summed E-state index contributed by atoms with van der Waals surface area (Å²) in [5.41, 5.74) is 0.510. The Bertz CT molecular complexity index is 446. The average Bonchev–Trinajstić information content (AvgIpc) is 2.61. The van der Waals surface area contributed by atoms with Crippen LogP contribution in [0.1, 0.15) is 43.7 Å². The average molecular weight is 253 g/mol. The van der Waals surface area contributed by atoms with Gasteiger partial charge in [-0.05, 0) is 34.6 Å². The Hall–Kier alpha value is -1.85. The number of aromatic amines is 1. The SMILES string of the molecule is Cc1[nH]ncc1C(=O)N[C@H](C)C(=O)OC(C)(C)C. The molecule has 0 aliphatic heterocycles. The minimum absolute atomic E-state index is 0.348. The molecule has 0 saturated carbocycles. The number of aromatic nitrogens is 2. The topological polar surface area (TPSA) is 84.1 Å². The molecule has 1 heterocycles. The van der Waals surface area contributed by atoms with Crippen molar-refractivity contribution in [3.8, 4) is 0 Å². The van der Waals surface area contributed by atoms with E-state index < -0.39 is 17.6 Å². The first-order valence-electron chi connectivity index (χ1n) is 5.74. The Balaban J connectivity index is 2.60.